The molecule has 1 aromatic heterocycles. The molecule has 3 rings (SSSR count). The molecule has 4 nitrogen and oxygen atoms in total. The van der Waals surface area contributed by atoms with Crippen LogP contribution in [-0.4, -0.2) is 28.4 Å². The molecular formula is C12H13N3O. The SMILES string of the molecule is c1ccc2nc(C3CCOCC3)nnc2c1. The minimum Gasteiger partial charge on any atom is -0.381 e. The van der Waals surface area contributed by atoms with Crippen molar-refractivity contribution >= 4 is 11.0 Å². The fourth-order valence-corrected chi connectivity index (χ4v) is 2.02. The number of rotatable bonds is 1. The lowest BCUT2D eigenvalue weighted by Crippen LogP contribution is -2.16. The molecule has 0 atom stereocenters. The first-order valence-corrected chi connectivity index (χ1v) is 5.60. The minimum atomic E-state index is 0.408. The van der Waals surface area contributed by atoms with E-state index in [4.69, 9.17) is 4.74 Å². The van der Waals surface area contributed by atoms with Crippen LogP contribution in [0.1, 0.15) is 24.6 Å². The highest BCUT2D eigenvalue weighted by Gasteiger charge is 2.19. The number of benzene rings is 1. The van der Waals surface area contributed by atoms with Crippen molar-refractivity contribution in [2.24, 2.45) is 0 Å². The Labute approximate surface area is 93.7 Å². The highest BCUT2D eigenvalue weighted by atomic mass is 16.5. The van der Waals surface area contributed by atoms with E-state index >= 15 is 0 Å². The van der Waals surface area contributed by atoms with Crippen LogP contribution in [0.2, 0.25) is 0 Å². The first kappa shape index (κ1) is 9.66. The summed E-state index contributed by atoms with van der Waals surface area (Å²) in [4.78, 5) is 4.57. The third-order valence-electron chi connectivity index (χ3n) is 2.96. The van der Waals surface area contributed by atoms with Crippen molar-refractivity contribution in [3.63, 3.8) is 0 Å². The summed E-state index contributed by atoms with van der Waals surface area (Å²) in [5.41, 5.74) is 1.79. The molecule has 1 fully saturated rings. The number of nitrogens with zero attached hydrogens (tertiary/aromatic N) is 3. The number of para-hydroxylation sites is 1. The molecule has 16 heavy (non-hydrogen) atoms. The molecule has 82 valence electrons. The zero-order valence-electron chi connectivity index (χ0n) is 8.97. The fourth-order valence-electron chi connectivity index (χ4n) is 2.02. The number of ether oxygens (including phenoxy) is 1. The Morgan fingerprint density at radius 2 is 1.75 bits per heavy atom. The summed E-state index contributed by atoms with van der Waals surface area (Å²) >= 11 is 0. The van der Waals surface area contributed by atoms with Gasteiger partial charge in [-0.25, -0.2) is 4.98 Å². The van der Waals surface area contributed by atoms with E-state index in [0.29, 0.717) is 5.92 Å². The average molecular weight is 215 g/mol. The molecule has 0 spiro atoms. The zero-order chi connectivity index (χ0) is 10.8. The molecule has 0 aliphatic carbocycles. The number of fused-ring (bicyclic) bond motifs is 1. The Balaban J connectivity index is 1.97. The Bertz CT molecular complexity index is 494. The third-order valence-corrected chi connectivity index (χ3v) is 2.96. The topological polar surface area (TPSA) is 47.9 Å². The van der Waals surface area contributed by atoms with Crippen LogP contribution in [0.3, 0.4) is 0 Å². The molecular weight excluding hydrogens is 202 g/mol. The van der Waals surface area contributed by atoms with Gasteiger partial charge in [0.05, 0.1) is 5.52 Å². The summed E-state index contributed by atoms with van der Waals surface area (Å²) in [5.74, 6) is 1.27. The second-order valence-electron chi connectivity index (χ2n) is 4.05. The summed E-state index contributed by atoms with van der Waals surface area (Å²) in [6, 6.07) is 7.84. The van der Waals surface area contributed by atoms with E-state index < -0.39 is 0 Å². The minimum absolute atomic E-state index is 0.408. The van der Waals surface area contributed by atoms with Gasteiger partial charge in [0.1, 0.15) is 5.52 Å². The van der Waals surface area contributed by atoms with Crippen LogP contribution in [0.15, 0.2) is 24.3 Å². The van der Waals surface area contributed by atoms with E-state index in [1.54, 1.807) is 0 Å². The van der Waals surface area contributed by atoms with E-state index in [9.17, 15) is 0 Å². The van der Waals surface area contributed by atoms with Crippen LogP contribution in [-0.2, 0) is 4.74 Å². The second kappa shape index (κ2) is 4.14. The van der Waals surface area contributed by atoms with Gasteiger partial charge < -0.3 is 4.74 Å². The normalized spacial score (nSPS) is 17.8. The molecule has 1 saturated heterocycles. The monoisotopic (exact) mass is 215 g/mol. The smallest absolute Gasteiger partial charge is 0.154 e. The van der Waals surface area contributed by atoms with Crippen LogP contribution in [0.25, 0.3) is 11.0 Å². The highest BCUT2D eigenvalue weighted by Crippen LogP contribution is 2.24. The lowest BCUT2D eigenvalue weighted by Gasteiger charge is -2.20. The molecule has 0 radical (unpaired) electrons. The summed E-state index contributed by atoms with van der Waals surface area (Å²) in [6.07, 6.45) is 2.00. The molecule has 0 unspecified atom stereocenters. The van der Waals surface area contributed by atoms with Crippen LogP contribution in [0, 0.1) is 0 Å². The summed E-state index contributed by atoms with van der Waals surface area (Å²) in [7, 11) is 0. The maximum Gasteiger partial charge on any atom is 0.154 e. The van der Waals surface area contributed by atoms with Gasteiger partial charge >= 0.3 is 0 Å². The predicted octanol–water partition coefficient (Wildman–Crippen LogP) is 1.92. The van der Waals surface area contributed by atoms with E-state index in [-0.39, 0.29) is 0 Å². The van der Waals surface area contributed by atoms with Crippen LogP contribution in [0.4, 0.5) is 0 Å². The molecule has 1 aliphatic rings. The second-order valence-corrected chi connectivity index (χ2v) is 4.05. The van der Waals surface area contributed by atoms with Gasteiger partial charge in [-0.05, 0) is 25.0 Å². The Morgan fingerprint density at radius 1 is 1.00 bits per heavy atom. The maximum atomic E-state index is 5.33. The van der Waals surface area contributed by atoms with Crippen molar-refractivity contribution in [1.29, 1.82) is 0 Å². The average Bonchev–Trinajstić information content (AvgIpc) is 2.39. The van der Waals surface area contributed by atoms with E-state index in [1.807, 2.05) is 24.3 Å². The van der Waals surface area contributed by atoms with Crippen molar-refractivity contribution in [3.05, 3.63) is 30.1 Å². The first-order chi connectivity index (χ1) is 7.93. The van der Waals surface area contributed by atoms with Gasteiger partial charge in [-0.3, -0.25) is 0 Å². The Morgan fingerprint density at radius 3 is 2.56 bits per heavy atom. The molecule has 4 heteroatoms. The van der Waals surface area contributed by atoms with Crippen molar-refractivity contribution in [2.45, 2.75) is 18.8 Å². The van der Waals surface area contributed by atoms with Gasteiger partial charge in [0.15, 0.2) is 5.82 Å². The van der Waals surface area contributed by atoms with Gasteiger partial charge in [-0.2, -0.15) is 0 Å². The summed E-state index contributed by atoms with van der Waals surface area (Å²) in [5, 5.41) is 8.42. The van der Waals surface area contributed by atoms with E-state index in [1.165, 1.54) is 0 Å². The van der Waals surface area contributed by atoms with E-state index in [2.05, 4.69) is 15.2 Å². The van der Waals surface area contributed by atoms with Gasteiger partial charge in [0.25, 0.3) is 0 Å². The van der Waals surface area contributed by atoms with Crippen molar-refractivity contribution < 1.29 is 4.74 Å². The van der Waals surface area contributed by atoms with Gasteiger partial charge in [0, 0.05) is 19.1 Å². The molecule has 0 N–H and O–H groups in total. The van der Waals surface area contributed by atoms with Gasteiger partial charge in [-0.15, -0.1) is 10.2 Å². The zero-order valence-corrected chi connectivity index (χ0v) is 8.97. The molecule has 2 heterocycles. The van der Waals surface area contributed by atoms with Crippen molar-refractivity contribution in [2.75, 3.05) is 13.2 Å². The molecule has 1 aromatic carbocycles. The largest absolute Gasteiger partial charge is 0.381 e. The summed E-state index contributed by atoms with van der Waals surface area (Å²) in [6.45, 7) is 1.61. The molecule has 0 amide bonds. The lowest BCUT2D eigenvalue weighted by atomic mass is 10.00. The number of hydrogen-bond acceptors (Lipinski definition) is 4. The van der Waals surface area contributed by atoms with Crippen molar-refractivity contribution in [1.82, 2.24) is 15.2 Å². The van der Waals surface area contributed by atoms with E-state index in [0.717, 1.165) is 42.9 Å². The molecule has 1 aliphatic heterocycles. The number of aromatic nitrogens is 3. The summed E-state index contributed by atoms with van der Waals surface area (Å²) < 4.78 is 5.33. The third kappa shape index (κ3) is 1.76. The fraction of sp³-hybridized carbons (Fsp3) is 0.417. The Hall–Kier alpha value is -1.55. The van der Waals surface area contributed by atoms with Crippen LogP contribution < -0.4 is 0 Å². The van der Waals surface area contributed by atoms with Crippen LogP contribution >= 0.6 is 0 Å². The van der Waals surface area contributed by atoms with Gasteiger partial charge in [-0.1, -0.05) is 12.1 Å². The first-order valence-electron chi connectivity index (χ1n) is 5.60. The molecule has 0 bridgehead atoms. The van der Waals surface area contributed by atoms with Crippen LogP contribution in [0.5, 0.6) is 0 Å². The molecule has 2 aromatic rings. The van der Waals surface area contributed by atoms with Gasteiger partial charge in [0.2, 0.25) is 0 Å². The quantitative estimate of drug-likeness (QED) is 0.729. The molecule has 0 saturated carbocycles. The maximum absolute atomic E-state index is 5.33. The lowest BCUT2D eigenvalue weighted by molar-refractivity contribution is 0.0834. The number of hydrogen-bond donors (Lipinski definition) is 0. The van der Waals surface area contributed by atoms with Crippen molar-refractivity contribution in [3.8, 4) is 0 Å². The predicted molar refractivity (Wildman–Crippen MR) is 60.1 cm³/mol. The highest BCUT2D eigenvalue weighted by molar-refractivity contribution is 5.72. The Kier molecular flexibility index (Phi) is 2.50. The standard InChI is InChI=1S/C12H13N3O/c1-2-4-11-10(3-1)13-12(15-14-11)9-5-7-16-8-6-9/h1-4,9H,5-8H2.